The molecular weight excluding hydrogens is 370 g/mol. The van der Waals surface area contributed by atoms with Crippen molar-refractivity contribution in [3.63, 3.8) is 0 Å². The number of non-ortho nitro benzene ring substituents is 1. The van der Waals surface area contributed by atoms with Crippen LogP contribution in [0, 0.1) is 10.1 Å². The summed E-state index contributed by atoms with van der Waals surface area (Å²) in [5, 5.41) is 15.8. The zero-order valence-corrected chi connectivity index (χ0v) is 17.1. The Morgan fingerprint density at radius 2 is 1.86 bits per heavy atom. The third-order valence-corrected chi connectivity index (χ3v) is 5.54. The number of nitrogens with two attached hydrogens (primary N) is 1. The van der Waals surface area contributed by atoms with Crippen molar-refractivity contribution in [2.75, 3.05) is 12.4 Å². The van der Waals surface area contributed by atoms with Crippen molar-refractivity contribution in [3.8, 4) is 5.75 Å². The highest BCUT2D eigenvalue weighted by atomic mass is 16.6. The monoisotopic (exact) mass is 398 g/mol. The third-order valence-electron chi connectivity index (χ3n) is 5.54. The van der Waals surface area contributed by atoms with Crippen molar-refractivity contribution < 1.29 is 19.8 Å². The summed E-state index contributed by atoms with van der Waals surface area (Å²) < 4.78 is 5.19. The van der Waals surface area contributed by atoms with Crippen LogP contribution in [0.25, 0.3) is 0 Å². The average Bonchev–Trinajstić information content (AvgIpc) is 2.73. The van der Waals surface area contributed by atoms with E-state index in [4.69, 9.17) is 4.74 Å². The minimum atomic E-state index is -0.495. The Kier molecular flexibility index (Phi) is 6.49. The lowest BCUT2D eigenvalue weighted by Crippen LogP contribution is -2.91. The van der Waals surface area contributed by atoms with Gasteiger partial charge >= 0.3 is 0 Å². The van der Waals surface area contributed by atoms with Gasteiger partial charge in [0.1, 0.15) is 11.8 Å². The molecule has 2 aromatic rings. The molecule has 3 N–H and O–H groups in total. The summed E-state index contributed by atoms with van der Waals surface area (Å²) in [7, 11) is 1.42. The number of nitrogens with zero attached hydrogens (tertiary/aromatic N) is 1. The number of carbonyl (C=O) groups excluding carboxylic acids is 1. The van der Waals surface area contributed by atoms with Gasteiger partial charge in [-0.05, 0) is 62.8 Å². The van der Waals surface area contributed by atoms with Crippen LogP contribution in [0.5, 0.6) is 5.75 Å². The molecule has 0 saturated carbocycles. The van der Waals surface area contributed by atoms with E-state index in [2.05, 4.69) is 30.4 Å². The number of ether oxygens (including phenoxy) is 1. The summed E-state index contributed by atoms with van der Waals surface area (Å²) in [4.78, 5) is 23.1. The highest BCUT2D eigenvalue weighted by Crippen LogP contribution is 2.29. The number of nitrogens with one attached hydrogen (secondary N) is 1. The minimum Gasteiger partial charge on any atom is -0.494 e. The first kappa shape index (κ1) is 20.8. The van der Waals surface area contributed by atoms with Crippen LogP contribution < -0.4 is 15.4 Å². The van der Waals surface area contributed by atoms with Gasteiger partial charge in [-0.3, -0.25) is 14.9 Å². The van der Waals surface area contributed by atoms with Crippen LogP contribution in [0.2, 0.25) is 0 Å². The maximum absolute atomic E-state index is 12.7. The first-order valence-corrected chi connectivity index (χ1v) is 9.99. The van der Waals surface area contributed by atoms with Crippen molar-refractivity contribution in [2.45, 2.75) is 51.6 Å². The first-order chi connectivity index (χ1) is 13.9. The molecule has 154 valence electrons. The molecule has 29 heavy (non-hydrogen) atoms. The van der Waals surface area contributed by atoms with Gasteiger partial charge in [-0.15, -0.1) is 0 Å². The number of hydrogen-bond acceptors (Lipinski definition) is 4. The zero-order valence-electron chi connectivity index (χ0n) is 17.1. The van der Waals surface area contributed by atoms with Crippen LogP contribution in [0.4, 0.5) is 11.4 Å². The maximum Gasteiger partial charge on any atom is 0.282 e. The number of amides is 1. The Hall–Kier alpha value is -2.93. The van der Waals surface area contributed by atoms with Crippen molar-refractivity contribution in [3.05, 3.63) is 63.2 Å². The second-order valence-corrected chi connectivity index (χ2v) is 7.64. The predicted octanol–water partition coefficient (Wildman–Crippen LogP) is 3.13. The van der Waals surface area contributed by atoms with E-state index < -0.39 is 4.92 Å². The lowest BCUT2D eigenvalue weighted by atomic mass is 9.89. The highest BCUT2D eigenvalue weighted by Gasteiger charge is 2.23. The van der Waals surface area contributed by atoms with Gasteiger partial charge in [0.2, 0.25) is 0 Å². The summed E-state index contributed by atoms with van der Waals surface area (Å²) in [6, 6.07) is 10.6. The van der Waals surface area contributed by atoms with Crippen molar-refractivity contribution in [1.82, 2.24) is 0 Å². The number of benzene rings is 2. The van der Waals surface area contributed by atoms with E-state index in [0.29, 0.717) is 5.69 Å². The van der Waals surface area contributed by atoms with Crippen LogP contribution in [-0.2, 0) is 17.6 Å². The Morgan fingerprint density at radius 1 is 1.14 bits per heavy atom. The SMILES string of the molecule is COc1cc([N+](=O)[O-])ccc1NC(=O)[C@H](C)[NH2+][C@H](C)c1ccc2c(c1)CCCC2. The quantitative estimate of drug-likeness (QED) is 0.553. The van der Waals surface area contributed by atoms with E-state index in [1.807, 2.05) is 12.2 Å². The molecule has 1 aliphatic rings. The van der Waals surface area contributed by atoms with Gasteiger partial charge in [0.05, 0.1) is 23.8 Å². The lowest BCUT2D eigenvalue weighted by Gasteiger charge is -2.20. The van der Waals surface area contributed by atoms with Gasteiger partial charge in [0.15, 0.2) is 6.04 Å². The van der Waals surface area contributed by atoms with Gasteiger partial charge in [-0.25, -0.2) is 0 Å². The molecular formula is C22H28N3O4+. The molecule has 0 aromatic heterocycles. The molecule has 1 amide bonds. The van der Waals surface area contributed by atoms with Crippen molar-refractivity contribution in [2.24, 2.45) is 0 Å². The number of fused-ring (bicyclic) bond motifs is 1. The number of methoxy groups -OCH3 is 1. The maximum atomic E-state index is 12.7. The van der Waals surface area contributed by atoms with Gasteiger partial charge < -0.3 is 15.4 Å². The summed E-state index contributed by atoms with van der Waals surface area (Å²) in [5.74, 6) is 0.0875. The number of nitro benzene ring substituents is 1. The van der Waals surface area contributed by atoms with Crippen LogP contribution in [0.1, 0.15) is 49.4 Å². The molecule has 1 aliphatic carbocycles. The normalized spacial score (nSPS) is 15.1. The molecule has 0 spiro atoms. The fourth-order valence-electron chi connectivity index (χ4n) is 3.81. The third kappa shape index (κ3) is 4.92. The molecule has 7 nitrogen and oxygen atoms in total. The summed E-state index contributed by atoms with van der Waals surface area (Å²) >= 11 is 0. The summed E-state index contributed by atoms with van der Waals surface area (Å²) in [6.07, 6.45) is 4.79. The molecule has 7 heteroatoms. The Morgan fingerprint density at radius 3 is 2.55 bits per heavy atom. The standard InChI is InChI=1S/C22H27N3O4/c1-14(17-9-8-16-6-4-5-7-18(16)12-17)23-15(2)22(26)24-20-11-10-19(25(27)28)13-21(20)29-3/h8-15,23H,4-7H2,1-3H3,(H,24,26)/p+1/t14-,15+/m1/s1. The zero-order chi connectivity index (χ0) is 21.0. The number of hydrogen-bond donors (Lipinski definition) is 2. The van der Waals surface area contributed by atoms with Crippen LogP contribution >= 0.6 is 0 Å². The van der Waals surface area contributed by atoms with Gasteiger partial charge in [-0.2, -0.15) is 0 Å². The molecule has 2 atom stereocenters. The molecule has 0 aliphatic heterocycles. The Labute approximate surface area is 170 Å². The second-order valence-electron chi connectivity index (χ2n) is 7.64. The van der Waals surface area contributed by atoms with Gasteiger partial charge in [0.25, 0.3) is 11.6 Å². The van der Waals surface area contributed by atoms with Crippen LogP contribution in [0.3, 0.4) is 0 Å². The number of quaternary nitrogens is 1. The molecule has 3 rings (SSSR count). The topological polar surface area (TPSA) is 98.1 Å². The van der Waals surface area contributed by atoms with E-state index in [9.17, 15) is 14.9 Å². The summed E-state index contributed by atoms with van der Waals surface area (Å²) in [5.41, 5.74) is 4.44. The van der Waals surface area contributed by atoms with E-state index in [0.717, 1.165) is 12.8 Å². The van der Waals surface area contributed by atoms with Crippen LogP contribution in [0.15, 0.2) is 36.4 Å². The number of aryl methyl sites for hydroxylation is 2. The predicted molar refractivity (Wildman–Crippen MR) is 111 cm³/mol. The van der Waals surface area contributed by atoms with E-state index >= 15 is 0 Å². The number of anilines is 1. The number of carbonyl (C=O) groups is 1. The molecule has 0 bridgehead atoms. The lowest BCUT2D eigenvalue weighted by molar-refractivity contribution is -0.709. The molecule has 0 fully saturated rings. The first-order valence-electron chi connectivity index (χ1n) is 9.99. The van der Waals surface area contributed by atoms with E-state index in [1.54, 1.807) is 0 Å². The van der Waals surface area contributed by atoms with Gasteiger partial charge in [0, 0.05) is 11.6 Å². The minimum absolute atomic E-state index is 0.0829. The van der Waals surface area contributed by atoms with Crippen molar-refractivity contribution >= 4 is 17.3 Å². The number of nitro groups is 1. The molecule has 0 radical (unpaired) electrons. The average molecular weight is 398 g/mol. The Bertz CT molecular complexity index is 913. The Balaban J connectivity index is 1.65. The van der Waals surface area contributed by atoms with Gasteiger partial charge in [-0.1, -0.05) is 12.1 Å². The molecule has 0 unspecified atom stereocenters. The summed E-state index contributed by atoms with van der Waals surface area (Å²) in [6.45, 7) is 3.95. The largest absolute Gasteiger partial charge is 0.494 e. The van der Waals surface area contributed by atoms with Crippen molar-refractivity contribution in [1.29, 1.82) is 0 Å². The fourth-order valence-corrected chi connectivity index (χ4v) is 3.81. The second kappa shape index (κ2) is 9.05. The van der Waals surface area contributed by atoms with E-state index in [-0.39, 0.29) is 29.4 Å². The molecule has 0 saturated heterocycles. The number of rotatable bonds is 7. The highest BCUT2D eigenvalue weighted by molar-refractivity contribution is 5.95. The smallest absolute Gasteiger partial charge is 0.282 e. The van der Waals surface area contributed by atoms with E-state index in [1.165, 1.54) is 54.8 Å². The molecule has 2 aromatic carbocycles. The van der Waals surface area contributed by atoms with Crippen LogP contribution in [-0.4, -0.2) is 24.0 Å². The molecule has 0 heterocycles. The fraction of sp³-hybridized carbons (Fsp3) is 0.409.